The lowest BCUT2D eigenvalue weighted by Crippen LogP contribution is -2.22. The Hall–Kier alpha value is -1.05. The topological polar surface area (TPSA) is 21.6 Å². The predicted octanol–water partition coefficient (Wildman–Crippen LogP) is 3.31. The van der Waals surface area contributed by atoms with Crippen molar-refractivity contribution in [2.24, 2.45) is 16.3 Å². The highest BCUT2D eigenvalue weighted by Gasteiger charge is 2.26. The zero-order valence-electron chi connectivity index (χ0n) is 9.79. The minimum atomic E-state index is 0.0563. The molecule has 0 aromatic rings. The van der Waals surface area contributed by atoms with Gasteiger partial charge in [0, 0.05) is 11.6 Å². The first kappa shape index (κ1) is 10.5. The fourth-order valence-electron chi connectivity index (χ4n) is 1.76. The van der Waals surface area contributed by atoms with E-state index in [1.165, 1.54) is 0 Å². The van der Waals surface area contributed by atoms with Gasteiger partial charge in [-0.2, -0.15) is 0 Å². The third-order valence-corrected chi connectivity index (χ3v) is 3.44. The molecule has 0 N–H and O–H groups in total. The van der Waals surface area contributed by atoms with E-state index in [-0.39, 0.29) is 5.41 Å². The quantitative estimate of drug-likeness (QED) is 0.643. The van der Waals surface area contributed by atoms with Gasteiger partial charge in [-0.15, -0.1) is 0 Å². The molecule has 2 nitrogen and oxygen atoms in total. The van der Waals surface area contributed by atoms with E-state index in [0.717, 1.165) is 30.9 Å². The number of hydrogen-bond acceptors (Lipinski definition) is 2. The molecule has 2 heterocycles. The maximum absolute atomic E-state index is 5.61. The normalized spacial score (nSPS) is 30.1. The zero-order valence-corrected chi connectivity index (χ0v) is 9.79. The second-order valence-electron chi connectivity index (χ2n) is 4.88. The molecule has 0 fully saturated rings. The zero-order chi connectivity index (χ0) is 10.9. The third-order valence-electron chi connectivity index (χ3n) is 3.44. The lowest BCUT2D eigenvalue weighted by atomic mass is 9.80. The molecule has 1 unspecified atom stereocenters. The van der Waals surface area contributed by atoms with E-state index in [4.69, 9.17) is 4.74 Å². The van der Waals surface area contributed by atoms with Crippen molar-refractivity contribution >= 4 is 6.21 Å². The second kappa shape index (κ2) is 3.84. The first-order valence-electron chi connectivity index (χ1n) is 5.72. The van der Waals surface area contributed by atoms with Gasteiger partial charge in [-0.1, -0.05) is 26.8 Å². The van der Waals surface area contributed by atoms with Gasteiger partial charge in [0.15, 0.2) is 0 Å². The monoisotopic (exact) mass is 205 g/mol. The molecule has 82 valence electrons. The molecule has 1 atom stereocenters. The van der Waals surface area contributed by atoms with Crippen LogP contribution in [0, 0.1) is 11.3 Å². The Balaban J connectivity index is 2.30. The lowest BCUT2D eigenvalue weighted by molar-refractivity contribution is 0.199. The summed E-state index contributed by atoms with van der Waals surface area (Å²) in [5.41, 5.74) is 1.17. The van der Waals surface area contributed by atoms with Gasteiger partial charge < -0.3 is 4.74 Å². The van der Waals surface area contributed by atoms with E-state index in [2.05, 4.69) is 44.1 Å². The minimum Gasteiger partial charge on any atom is -0.492 e. The average molecular weight is 205 g/mol. The van der Waals surface area contributed by atoms with Crippen LogP contribution in [0.4, 0.5) is 0 Å². The first-order chi connectivity index (χ1) is 7.12. The Morgan fingerprint density at radius 1 is 1.47 bits per heavy atom. The van der Waals surface area contributed by atoms with E-state index >= 15 is 0 Å². The number of ether oxygens (including phenoxy) is 1. The summed E-state index contributed by atoms with van der Waals surface area (Å²) in [5, 5.41) is 0. The van der Waals surface area contributed by atoms with Gasteiger partial charge in [0.2, 0.25) is 0 Å². The largest absolute Gasteiger partial charge is 0.492 e. The molecule has 0 aromatic carbocycles. The summed E-state index contributed by atoms with van der Waals surface area (Å²) in [7, 11) is 0. The number of nitrogens with zero attached hydrogens (tertiary/aromatic N) is 1. The molecule has 0 spiro atoms. The number of aliphatic imine (C=N–C) groups is 1. The van der Waals surface area contributed by atoms with E-state index in [0.29, 0.717) is 5.92 Å². The molecule has 0 radical (unpaired) electrons. The third kappa shape index (κ3) is 1.99. The van der Waals surface area contributed by atoms with Crippen LogP contribution in [0.15, 0.2) is 28.6 Å². The van der Waals surface area contributed by atoms with E-state index in [1.807, 2.05) is 0 Å². The Morgan fingerprint density at radius 3 is 3.00 bits per heavy atom. The van der Waals surface area contributed by atoms with Crippen molar-refractivity contribution in [3.8, 4) is 0 Å². The Morgan fingerprint density at radius 2 is 2.27 bits per heavy atom. The number of rotatable bonds is 1. The van der Waals surface area contributed by atoms with Gasteiger partial charge in [-0.25, -0.2) is 0 Å². The molecule has 0 aliphatic carbocycles. The van der Waals surface area contributed by atoms with Gasteiger partial charge in [-0.05, 0) is 24.8 Å². The molecule has 2 rings (SSSR count). The van der Waals surface area contributed by atoms with E-state index in [9.17, 15) is 0 Å². The molecule has 0 saturated carbocycles. The van der Waals surface area contributed by atoms with Crippen molar-refractivity contribution in [1.82, 2.24) is 0 Å². The van der Waals surface area contributed by atoms with Gasteiger partial charge in [0.05, 0.1) is 12.3 Å². The smallest absolute Gasteiger partial charge is 0.140 e. The van der Waals surface area contributed by atoms with Crippen LogP contribution in [0.1, 0.15) is 33.6 Å². The van der Waals surface area contributed by atoms with Crippen molar-refractivity contribution in [2.45, 2.75) is 33.6 Å². The van der Waals surface area contributed by atoms with Crippen LogP contribution >= 0.6 is 0 Å². The van der Waals surface area contributed by atoms with Gasteiger partial charge >= 0.3 is 0 Å². The summed E-state index contributed by atoms with van der Waals surface area (Å²) in [4.78, 5) is 4.59. The highest BCUT2D eigenvalue weighted by Crippen LogP contribution is 2.32. The summed E-state index contributed by atoms with van der Waals surface area (Å²) in [6.07, 6.45) is 8.52. The lowest BCUT2D eigenvalue weighted by Gasteiger charge is -2.24. The maximum Gasteiger partial charge on any atom is 0.140 e. The average Bonchev–Trinajstić information content (AvgIpc) is 2.40. The summed E-state index contributed by atoms with van der Waals surface area (Å²) < 4.78 is 5.61. The Labute approximate surface area is 91.7 Å². The summed E-state index contributed by atoms with van der Waals surface area (Å²) in [6.45, 7) is 7.50. The Bertz CT molecular complexity index is 310. The second-order valence-corrected chi connectivity index (χ2v) is 4.88. The molecule has 0 bridgehead atoms. The van der Waals surface area contributed by atoms with Crippen LogP contribution < -0.4 is 0 Å². The van der Waals surface area contributed by atoms with Crippen molar-refractivity contribution in [3.63, 3.8) is 0 Å². The van der Waals surface area contributed by atoms with Crippen molar-refractivity contribution in [1.29, 1.82) is 0 Å². The van der Waals surface area contributed by atoms with Crippen LogP contribution in [0.5, 0.6) is 0 Å². The summed E-state index contributed by atoms with van der Waals surface area (Å²) in [6, 6.07) is 0. The number of allylic oxidation sites excluding steroid dienone is 3. The molecule has 0 amide bonds. The van der Waals surface area contributed by atoms with Crippen molar-refractivity contribution < 1.29 is 4.74 Å². The van der Waals surface area contributed by atoms with Gasteiger partial charge in [0.25, 0.3) is 0 Å². The van der Waals surface area contributed by atoms with Crippen molar-refractivity contribution in [3.05, 3.63) is 23.6 Å². The standard InChI is InChI=1S/C13H19NO/c1-10(2)13(3)7-6-12-11(14-9-13)5-4-8-15-12/h6-7,9-10H,4-5,8H2,1-3H3. The van der Waals surface area contributed by atoms with Crippen LogP contribution in [0.2, 0.25) is 0 Å². The highest BCUT2D eigenvalue weighted by molar-refractivity contribution is 5.71. The fourth-order valence-corrected chi connectivity index (χ4v) is 1.76. The molecular formula is C13H19NO. The fraction of sp³-hybridized carbons (Fsp3) is 0.615. The highest BCUT2D eigenvalue weighted by atomic mass is 16.5. The van der Waals surface area contributed by atoms with Crippen LogP contribution in [0.25, 0.3) is 0 Å². The van der Waals surface area contributed by atoms with Crippen LogP contribution in [-0.4, -0.2) is 12.8 Å². The summed E-state index contributed by atoms with van der Waals surface area (Å²) in [5.74, 6) is 1.53. The van der Waals surface area contributed by atoms with Crippen LogP contribution in [0.3, 0.4) is 0 Å². The summed E-state index contributed by atoms with van der Waals surface area (Å²) >= 11 is 0. The minimum absolute atomic E-state index is 0.0563. The van der Waals surface area contributed by atoms with Crippen LogP contribution in [-0.2, 0) is 4.74 Å². The molecule has 15 heavy (non-hydrogen) atoms. The van der Waals surface area contributed by atoms with E-state index < -0.39 is 0 Å². The molecule has 2 aliphatic rings. The molecule has 2 aliphatic heterocycles. The van der Waals surface area contributed by atoms with Crippen molar-refractivity contribution in [2.75, 3.05) is 6.61 Å². The molecule has 0 saturated heterocycles. The Kier molecular flexibility index (Phi) is 2.68. The SMILES string of the molecule is CC(C)C1(C)C=CC2=C(CCCO2)N=C1. The van der Waals surface area contributed by atoms with Gasteiger partial charge in [-0.3, -0.25) is 4.99 Å². The maximum atomic E-state index is 5.61. The molecule has 0 aromatic heterocycles. The predicted molar refractivity (Wildman–Crippen MR) is 62.8 cm³/mol. The number of hydrogen-bond donors (Lipinski definition) is 0. The first-order valence-corrected chi connectivity index (χ1v) is 5.72. The molecular weight excluding hydrogens is 186 g/mol. The molecule has 2 heteroatoms. The van der Waals surface area contributed by atoms with Gasteiger partial charge in [0.1, 0.15) is 5.76 Å². The van der Waals surface area contributed by atoms with E-state index in [1.54, 1.807) is 0 Å².